The molecule has 3 heterocycles. The fraction of sp³-hybridized carbons (Fsp3) is 0.682. The van der Waals surface area contributed by atoms with E-state index in [0.29, 0.717) is 17.3 Å². The summed E-state index contributed by atoms with van der Waals surface area (Å²) in [5.74, 6) is 1.83. The Kier molecular flexibility index (Phi) is 7.15. The monoisotopic (exact) mass is 431 g/mol. The predicted octanol–water partition coefficient (Wildman–Crippen LogP) is 3.96. The quantitative estimate of drug-likeness (QED) is 0.638. The summed E-state index contributed by atoms with van der Waals surface area (Å²) < 4.78 is 7.45. The summed E-state index contributed by atoms with van der Waals surface area (Å²) in [6.07, 6.45) is 11.8. The highest BCUT2D eigenvalue weighted by Crippen LogP contribution is 2.35. The summed E-state index contributed by atoms with van der Waals surface area (Å²) in [6, 6.07) is 3.72. The number of carbonyl (C=O) groups excluding carboxylic acids is 1. The van der Waals surface area contributed by atoms with Crippen LogP contribution in [0.25, 0.3) is 11.6 Å². The topological polar surface area (TPSA) is 76.2 Å². The van der Waals surface area contributed by atoms with Crippen LogP contribution in [0.2, 0.25) is 0 Å². The molecule has 1 aliphatic heterocycles. The number of nitrogens with zero attached hydrogens (tertiary/aromatic N) is 4. The molecule has 4 rings (SSSR count). The number of nitrogens with one attached hydrogen (secondary N) is 1. The Morgan fingerprint density at radius 1 is 1.17 bits per heavy atom. The molecule has 164 valence electrons. The SMILES string of the molecule is CCn1c(SCC(=O)NCC2(N3CCCCC3)CCCCC2)nnc1-c1ccco1. The zero-order valence-electron chi connectivity index (χ0n) is 17.9. The zero-order valence-corrected chi connectivity index (χ0v) is 18.8. The number of hydrogen-bond donors (Lipinski definition) is 1. The number of furan rings is 1. The maximum Gasteiger partial charge on any atom is 0.230 e. The summed E-state index contributed by atoms with van der Waals surface area (Å²) in [5, 5.41) is 12.5. The highest BCUT2D eigenvalue weighted by Gasteiger charge is 2.38. The van der Waals surface area contributed by atoms with Crippen molar-refractivity contribution in [1.82, 2.24) is 25.0 Å². The van der Waals surface area contributed by atoms with Crippen molar-refractivity contribution in [3.8, 4) is 11.6 Å². The lowest BCUT2D eigenvalue weighted by atomic mass is 9.79. The largest absolute Gasteiger partial charge is 0.461 e. The molecule has 0 bridgehead atoms. The minimum absolute atomic E-state index is 0.0761. The second kappa shape index (κ2) is 10.0. The summed E-state index contributed by atoms with van der Waals surface area (Å²) in [6.45, 7) is 5.90. The van der Waals surface area contributed by atoms with E-state index in [2.05, 4.69) is 20.4 Å². The van der Waals surface area contributed by atoms with Crippen LogP contribution in [0.1, 0.15) is 58.3 Å². The van der Waals surface area contributed by atoms with Gasteiger partial charge in [-0.05, 0) is 57.8 Å². The third kappa shape index (κ3) is 4.75. The molecule has 0 spiro atoms. The van der Waals surface area contributed by atoms with E-state index >= 15 is 0 Å². The Labute approximate surface area is 183 Å². The summed E-state index contributed by atoms with van der Waals surface area (Å²) in [5.41, 5.74) is 0.162. The van der Waals surface area contributed by atoms with E-state index in [0.717, 1.165) is 18.2 Å². The Morgan fingerprint density at radius 3 is 2.63 bits per heavy atom. The molecule has 2 aromatic heterocycles. The maximum atomic E-state index is 12.7. The van der Waals surface area contributed by atoms with Crippen molar-refractivity contribution >= 4 is 17.7 Å². The van der Waals surface area contributed by atoms with Crippen molar-refractivity contribution in [3.63, 3.8) is 0 Å². The number of amides is 1. The van der Waals surface area contributed by atoms with Gasteiger partial charge in [-0.25, -0.2) is 0 Å². The van der Waals surface area contributed by atoms with Gasteiger partial charge in [0.1, 0.15) is 0 Å². The Hall–Kier alpha value is -1.80. The van der Waals surface area contributed by atoms with E-state index in [-0.39, 0.29) is 11.4 Å². The number of piperidine rings is 1. The lowest BCUT2D eigenvalue weighted by Gasteiger charge is -2.48. The molecule has 2 fully saturated rings. The van der Waals surface area contributed by atoms with Crippen molar-refractivity contribution in [3.05, 3.63) is 18.4 Å². The van der Waals surface area contributed by atoms with Crippen molar-refractivity contribution in [2.75, 3.05) is 25.4 Å². The molecule has 0 atom stereocenters. The van der Waals surface area contributed by atoms with E-state index in [1.54, 1.807) is 6.26 Å². The zero-order chi connectivity index (χ0) is 20.8. The van der Waals surface area contributed by atoms with Crippen LogP contribution in [0.15, 0.2) is 28.0 Å². The number of hydrogen-bond acceptors (Lipinski definition) is 6. The molecule has 8 heteroatoms. The number of likely N-dealkylation sites (tertiary alicyclic amines) is 1. The first-order chi connectivity index (χ1) is 14.7. The van der Waals surface area contributed by atoms with Gasteiger partial charge in [-0.2, -0.15) is 0 Å². The molecule has 0 aromatic carbocycles. The summed E-state index contributed by atoms with van der Waals surface area (Å²) >= 11 is 1.44. The van der Waals surface area contributed by atoms with E-state index in [1.807, 2.05) is 23.6 Å². The van der Waals surface area contributed by atoms with Crippen LogP contribution in [0.5, 0.6) is 0 Å². The van der Waals surface area contributed by atoms with Crippen molar-refractivity contribution in [1.29, 1.82) is 0 Å². The molecule has 7 nitrogen and oxygen atoms in total. The molecule has 2 aromatic rings. The van der Waals surface area contributed by atoms with Crippen molar-refractivity contribution in [2.45, 2.75) is 75.5 Å². The van der Waals surface area contributed by atoms with Crippen LogP contribution in [-0.4, -0.2) is 56.5 Å². The molecule has 1 amide bonds. The van der Waals surface area contributed by atoms with Crippen LogP contribution >= 0.6 is 11.8 Å². The lowest BCUT2D eigenvalue weighted by molar-refractivity contribution is -0.119. The summed E-state index contributed by atoms with van der Waals surface area (Å²) in [4.78, 5) is 15.4. The van der Waals surface area contributed by atoms with Gasteiger partial charge in [-0.15, -0.1) is 10.2 Å². The smallest absolute Gasteiger partial charge is 0.230 e. The molecule has 0 unspecified atom stereocenters. The van der Waals surface area contributed by atoms with E-state index in [1.165, 1.54) is 76.2 Å². The summed E-state index contributed by atoms with van der Waals surface area (Å²) in [7, 11) is 0. The number of thioether (sulfide) groups is 1. The fourth-order valence-electron chi connectivity index (χ4n) is 4.90. The molecule has 1 aliphatic carbocycles. The van der Waals surface area contributed by atoms with E-state index in [4.69, 9.17) is 4.42 Å². The first-order valence-corrected chi connectivity index (χ1v) is 12.3. The highest BCUT2D eigenvalue weighted by atomic mass is 32.2. The molecule has 2 aliphatic rings. The molecule has 0 radical (unpaired) electrons. The van der Waals surface area contributed by atoms with Gasteiger partial charge in [0, 0.05) is 18.6 Å². The average Bonchev–Trinajstić information content (AvgIpc) is 3.47. The average molecular weight is 432 g/mol. The Balaban J connectivity index is 1.34. The third-order valence-corrected chi connectivity index (χ3v) is 7.50. The van der Waals surface area contributed by atoms with Gasteiger partial charge in [0.05, 0.1) is 12.0 Å². The minimum atomic E-state index is 0.0761. The Morgan fingerprint density at radius 2 is 1.93 bits per heavy atom. The second-order valence-corrected chi connectivity index (χ2v) is 9.37. The van der Waals surface area contributed by atoms with Gasteiger partial charge >= 0.3 is 0 Å². The van der Waals surface area contributed by atoms with E-state index < -0.39 is 0 Å². The van der Waals surface area contributed by atoms with Crippen LogP contribution in [0, 0.1) is 0 Å². The number of aromatic nitrogens is 3. The van der Waals surface area contributed by atoms with Gasteiger partial charge in [-0.1, -0.05) is 37.4 Å². The van der Waals surface area contributed by atoms with Crippen LogP contribution < -0.4 is 5.32 Å². The first-order valence-electron chi connectivity index (χ1n) is 11.3. The van der Waals surface area contributed by atoms with Gasteiger partial charge in [-0.3, -0.25) is 14.3 Å². The standard InChI is InChI=1S/C22H33N5O2S/c1-2-27-20(18-10-9-15-29-18)24-25-21(27)30-16-19(28)23-17-22(11-5-3-6-12-22)26-13-7-4-8-14-26/h9-10,15H,2-8,11-14,16-17H2,1H3,(H,23,28). The molecule has 1 saturated heterocycles. The minimum Gasteiger partial charge on any atom is -0.461 e. The van der Waals surface area contributed by atoms with Crippen molar-refractivity contribution in [2.24, 2.45) is 0 Å². The van der Waals surface area contributed by atoms with E-state index in [9.17, 15) is 4.79 Å². The number of carbonyl (C=O) groups is 1. The Bertz CT molecular complexity index is 808. The van der Waals surface area contributed by atoms with Crippen LogP contribution in [-0.2, 0) is 11.3 Å². The molecule has 1 N–H and O–H groups in total. The molecular weight excluding hydrogens is 398 g/mol. The second-order valence-electron chi connectivity index (χ2n) is 8.43. The predicted molar refractivity (Wildman–Crippen MR) is 118 cm³/mol. The number of rotatable bonds is 8. The fourth-order valence-corrected chi connectivity index (χ4v) is 5.73. The lowest BCUT2D eigenvalue weighted by Crippen LogP contribution is -2.58. The highest BCUT2D eigenvalue weighted by molar-refractivity contribution is 7.99. The normalized spacial score (nSPS) is 19.6. The van der Waals surface area contributed by atoms with Gasteiger partial charge in [0.15, 0.2) is 16.7 Å². The molecule has 1 saturated carbocycles. The van der Waals surface area contributed by atoms with Crippen molar-refractivity contribution < 1.29 is 9.21 Å². The molecular formula is C22H33N5O2S. The van der Waals surface area contributed by atoms with Gasteiger partial charge < -0.3 is 9.73 Å². The first kappa shape index (κ1) is 21.4. The van der Waals surface area contributed by atoms with Gasteiger partial charge in [0.25, 0.3) is 0 Å². The molecule has 30 heavy (non-hydrogen) atoms. The van der Waals surface area contributed by atoms with Crippen LogP contribution in [0.4, 0.5) is 0 Å². The van der Waals surface area contributed by atoms with Gasteiger partial charge in [0.2, 0.25) is 5.91 Å². The third-order valence-electron chi connectivity index (χ3n) is 6.53. The van der Waals surface area contributed by atoms with Crippen LogP contribution in [0.3, 0.4) is 0 Å². The maximum absolute atomic E-state index is 12.7.